The molecule has 0 aliphatic heterocycles. The van der Waals surface area contributed by atoms with Gasteiger partial charge in [0.15, 0.2) is 0 Å². The first kappa shape index (κ1) is 18.4. The third-order valence-electron chi connectivity index (χ3n) is 2.94. The van der Waals surface area contributed by atoms with Crippen molar-refractivity contribution in [2.45, 2.75) is 19.9 Å². The summed E-state index contributed by atoms with van der Waals surface area (Å²) in [7, 11) is 0. The number of rotatable bonds is 5. The topological polar surface area (TPSA) is 99.7 Å². The Labute approximate surface area is 149 Å². The molecule has 2 rings (SSSR count). The number of carbonyl (C=O) groups excluding carboxylic acids is 1. The van der Waals surface area contributed by atoms with Crippen molar-refractivity contribution >= 4 is 35.1 Å². The van der Waals surface area contributed by atoms with E-state index in [0.717, 1.165) is 0 Å². The Bertz CT molecular complexity index is 763. The molecule has 0 unspecified atom stereocenters. The summed E-state index contributed by atoms with van der Waals surface area (Å²) in [6, 6.07) is 11.1. The van der Waals surface area contributed by atoms with E-state index in [4.69, 9.17) is 21.4 Å². The van der Waals surface area contributed by atoms with Crippen molar-refractivity contribution in [2.75, 3.05) is 10.6 Å². The van der Waals surface area contributed by atoms with Crippen molar-refractivity contribution in [1.29, 1.82) is 0 Å². The molecule has 4 N–H and O–H groups in total. The number of halogens is 1. The molecule has 0 radical (unpaired) electrons. The van der Waals surface area contributed by atoms with Crippen molar-refractivity contribution in [1.82, 2.24) is 5.32 Å². The first-order valence-electron chi connectivity index (χ1n) is 7.48. The minimum atomic E-state index is -1.17. The summed E-state index contributed by atoms with van der Waals surface area (Å²) in [4.78, 5) is 22.2. The quantitative estimate of drug-likeness (QED) is 0.615. The summed E-state index contributed by atoms with van der Waals surface area (Å²) in [5, 5.41) is 16.6. The second kappa shape index (κ2) is 8.25. The summed E-state index contributed by atoms with van der Waals surface area (Å²) in [6.45, 7) is 3.75. The van der Waals surface area contributed by atoms with Gasteiger partial charge in [-0.1, -0.05) is 11.6 Å². The Balaban J connectivity index is 2.01. The SMILES string of the molecule is CC(C)NC(=O)Nc1ccc(Oc2ccc(NC(=O)O)cc2Cl)cc1. The summed E-state index contributed by atoms with van der Waals surface area (Å²) >= 11 is 6.09. The van der Waals surface area contributed by atoms with Crippen LogP contribution in [0.1, 0.15) is 13.8 Å². The minimum absolute atomic E-state index is 0.0448. The summed E-state index contributed by atoms with van der Waals surface area (Å²) in [6.07, 6.45) is -1.17. The van der Waals surface area contributed by atoms with Crippen LogP contribution in [0.2, 0.25) is 5.02 Å². The maximum atomic E-state index is 11.6. The van der Waals surface area contributed by atoms with E-state index in [1.54, 1.807) is 36.4 Å². The number of nitrogens with one attached hydrogen (secondary N) is 3. The largest absolute Gasteiger partial charge is 0.465 e. The molecule has 0 saturated heterocycles. The van der Waals surface area contributed by atoms with E-state index >= 15 is 0 Å². The van der Waals surface area contributed by atoms with E-state index in [9.17, 15) is 9.59 Å². The molecule has 0 saturated carbocycles. The van der Waals surface area contributed by atoms with Crippen LogP contribution in [-0.4, -0.2) is 23.3 Å². The molecule has 3 amide bonds. The Hall–Kier alpha value is -2.93. The van der Waals surface area contributed by atoms with E-state index in [1.807, 2.05) is 13.8 Å². The fourth-order valence-electron chi connectivity index (χ4n) is 1.95. The fraction of sp³-hybridized carbons (Fsp3) is 0.176. The zero-order chi connectivity index (χ0) is 18.4. The zero-order valence-electron chi connectivity index (χ0n) is 13.7. The van der Waals surface area contributed by atoms with E-state index < -0.39 is 6.09 Å². The Morgan fingerprint density at radius 2 is 1.68 bits per heavy atom. The lowest BCUT2D eigenvalue weighted by molar-refractivity contribution is 0.209. The van der Waals surface area contributed by atoms with Gasteiger partial charge in [0.05, 0.1) is 5.02 Å². The van der Waals surface area contributed by atoms with Crippen molar-refractivity contribution in [2.24, 2.45) is 0 Å². The van der Waals surface area contributed by atoms with Crippen LogP contribution in [0.3, 0.4) is 0 Å². The summed E-state index contributed by atoms with van der Waals surface area (Å²) < 4.78 is 5.66. The van der Waals surface area contributed by atoms with Gasteiger partial charge >= 0.3 is 12.1 Å². The lowest BCUT2D eigenvalue weighted by Gasteiger charge is -2.12. The monoisotopic (exact) mass is 363 g/mol. The van der Waals surface area contributed by atoms with Crippen LogP contribution in [-0.2, 0) is 0 Å². The number of benzene rings is 2. The van der Waals surface area contributed by atoms with Gasteiger partial charge in [-0.3, -0.25) is 5.32 Å². The number of hydrogen-bond acceptors (Lipinski definition) is 3. The molecule has 2 aromatic carbocycles. The number of urea groups is 1. The molecule has 25 heavy (non-hydrogen) atoms. The standard InChI is InChI=1S/C17H18ClN3O4/c1-10(2)19-16(22)20-11-3-6-13(7-4-11)25-15-8-5-12(9-14(15)18)21-17(23)24/h3-10,21H,1-2H3,(H,23,24)(H2,19,20,22). The van der Waals surface area contributed by atoms with Gasteiger partial charge in [-0.25, -0.2) is 9.59 Å². The van der Waals surface area contributed by atoms with Gasteiger partial charge in [-0.15, -0.1) is 0 Å². The van der Waals surface area contributed by atoms with Crippen LogP contribution in [0.4, 0.5) is 21.0 Å². The lowest BCUT2D eigenvalue weighted by atomic mass is 10.3. The highest BCUT2D eigenvalue weighted by molar-refractivity contribution is 6.32. The normalized spacial score (nSPS) is 10.2. The molecule has 8 heteroatoms. The third kappa shape index (κ3) is 5.89. The summed E-state index contributed by atoms with van der Waals surface area (Å²) in [5.41, 5.74) is 0.971. The fourth-order valence-corrected chi connectivity index (χ4v) is 2.17. The van der Waals surface area contributed by atoms with Gasteiger partial charge in [-0.2, -0.15) is 0 Å². The molecular formula is C17H18ClN3O4. The number of carbonyl (C=O) groups is 2. The average Bonchev–Trinajstić information content (AvgIpc) is 2.50. The van der Waals surface area contributed by atoms with Crippen LogP contribution in [0.25, 0.3) is 0 Å². The van der Waals surface area contributed by atoms with Gasteiger partial charge in [0.1, 0.15) is 11.5 Å². The Morgan fingerprint density at radius 3 is 2.24 bits per heavy atom. The second-order valence-corrected chi connectivity index (χ2v) is 5.86. The van der Waals surface area contributed by atoms with Gasteiger partial charge in [0, 0.05) is 17.4 Å². The number of hydrogen-bond donors (Lipinski definition) is 4. The highest BCUT2D eigenvalue weighted by Gasteiger charge is 2.07. The van der Waals surface area contributed by atoms with Crippen LogP contribution in [0, 0.1) is 0 Å². The van der Waals surface area contributed by atoms with Gasteiger partial charge in [0.25, 0.3) is 0 Å². The van der Waals surface area contributed by atoms with Gasteiger partial charge in [-0.05, 0) is 56.3 Å². The smallest absolute Gasteiger partial charge is 0.409 e. The van der Waals surface area contributed by atoms with Crippen LogP contribution < -0.4 is 20.7 Å². The van der Waals surface area contributed by atoms with Crippen molar-refractivity contribution in [3.05, 3.63) is 47.5 Å². The average molecular weight is 364 g/mol. The lowest BCUT2D eigenvalue weighted by Crippen LogP contribution is -2.34. The predicted octanol–water partition coefficient (Wildman–Crippen LogP) is 4.75. The number of carboxylic acid groups (broad SMARTS) is 1. The molecule has 132 valence electrons. The molecule has 7 nitrogen and oxygen atoms in total. The molecule has 0 heterocycles. The van der Waals surface area contributed by atoms with Crippen LogP contribution in [0.5, 0.6) is 11.5 Å². The predicted molar refractivity (Wildman–Crippen MR) is 96.9 cm³/mol. The van der Waals surface area contributed by atoms with Crippen LogP contribution in [0.15, 0.2) is 42.5 Å². The molecule has 0 aliphatic rings. The van der Waals surface area contributed by atoms with Crippen LogP contribution >= 0.6 is 11.6 Å². The zero-order valence-corrected chi connectivity index (χ0v) is 14.4. The molecule has 0 spiro atoms. The second-order valence-electron chi connectivity index (χ2n) is 5.45. The number of ether oxygens (including phenoxy) is 1. The molecule has 0 bridgehead atoms. The first-order chi connectivity index (χ1) is 11.8. The maximum absolute atomic E-state index is 11.6. The molecule has 0 aromatic heterocycles. The van der Waals surface area contributed by atoms with Gasteiger partial charge < -0.3 is 20.5 Å². The highest BCUT2D eigenvalue weighted by Crippen LogP contribution is 2.32. The summed E-state index contributed by atoms with van der Waals surface area (Å²) in [5.74, 6) is 0.909. The molecule has 2 aromatic rings. The minimum Gasteiger partial charge on any atom is -0.465 e. The Morgan fingerprint density at radius 1 is 1.04 bits per heavy atom. The van der Waals surface area contributed by atoms with Crippen molar-refractivity contribution < 1.29 is 19.4 Å². The van der Waals surface area contributed by atoms with E-state index in [1.165, 1.54) is 6.07 Å². The highest BCUT2D eigenvalue weighted by atomic mass is 35.5. The van der Waals surface area contributed by atoms with E-state index in [0.29, 0.717) is 22.9 Å². The Kier molecular flexibility index (Phi) is 6.08. The molecule has 0 fully saturated rings. The first-order valence-corrected chi connectivity index (χ1v) is 7.86. The molecular weight excluding hydrogens is 346 g/mol. The van der Waals surface area contributed by atoms with E-state index in [-0.39, 0.29) is 17.1 Å². The molecule has 0 atom stereocenters. The number of amides is 3. The number of anilines is 2. The van der Waals surface area contributed by atoms with E-state index in [2.05, 4.69) is 16.0 Å². The third-order valence-corrected chi connectivity index (χ3v) is 3.24. The maximum Gasteiger partial charge on any atom is 0.409 e. The van der Waals surface area contributed by atoms with Crippen molar-refractivity contribution in [3.63, 3.8) is 0 Å². The van der Waals surface area contributed by atoms with Gasteiger partial charge in [0.2, 0.25) is 0 Å². The van der Waals surface area contributed by atoms with Crippen molar-refractivity contribution in [3.8, 4) is 11.5 Å². The molecule has 0 aliphatic carbocycles.